The molecular formula is C28H37N3O3. The van der Waals surface area contributed by atoms with Gasteiger partial charge in [0.1, 0.15) is 11.9 Å². The van der Waals surface area contributed by atoms with Gasteiger partial charge in [-0.15, -0.1) is 0 Å². The number of carbonyl (C=O) groups is 1. The average Bonchev–Trinajstić information content (AvgIpc) is 3.60. The third-order valence-corrected chi connectivity index (χ3v) is 7.47. The number of pyridine rings is 1. The lowest BCUT2D eigenvalue weighted by Crippen LogP contribution is -2.34. The van der Waals surface area contributed by atoms with Gasteiger partial charge in [-0.25, -0.2) is 4.98 Å². The second-order valence-corrected chi connectivity index (χ2v) is 10.1. The lowest BCUT2D eigenvalue weighted by Gasteiger charge is -2.26. The highest BCUT2D eigenvalue weighted by atomic mass is 16.5. The van der Waals surface area contributed by atoms with Crippen LogP contribution < -0.4 is 5.32 Å². The second-order valence-electron chi connectivity index (χ2n) is 10.1. The van der Waals surface area contributed by atoms with Crippen LogP contribution in [-0.2, 0) is 22.4 Å². The zero-order valence-electron chi connectivity index (χ0n) is 20.0. The zero-order valence-corrected chi connectivity index (χ0v) is 20.0. The molecule has 2 aromatic rings. The molecule has 0 bridgehead atoms. The molecule has 34 heavy (non-hydrogen) atoms. The number of fused-ring (bicyclic) bond motifs is 1. The molecule has 1 saturated carbocycles. The Balaban J connectivity index is 1.05. The fourth-order valence-corrected chi connectivity index (χ4v) is 5.48. The van der Waals surface area contributed by atoms with Crippen molar-refractivity contribution in [3.05, 3.63) is 58.8 Å². The molecule has 1 saturated heterocycles. The van der Waals surface area contributed by atoms with Crippen LogP contribution in [0, 0.1) is 0 Å². The summed E-state index contributed by atoms with van der Waals surface area (Å²) in [6.45, 7) is 3.24. The molecule has 5 rings (SSSR count). The number of nitrogens with one attached hydrogen (secondary N) is 1. The summed E-state index contributed by atoms with van der Waals surface area (Å²) in [6, 6.07) is 12.0. The van der Waals surface area contributed by atoms with Gasteiger partial charge in [0.25, 0.3) is 0 Å². The number of carboxylic acid groups (broad SMARTS) is 1. The highest BCUT2D eigenvalue weighted by molar-refractivity contribution is 5.76. The largest absolute Gasteiger partial charge is 0.480 e. The number of unbranched alkanes of at least 4 members (excludes halogenated alkanes) is 2. The van der Waals surface area contributed by atoms with E-state index >= 15 is 0 Å². The van der Waals surface area contributed by atoms with Crippen LogP contribution in [0.4, 0.5) is 5.82 Å². The van der Waals surface area contributed by atoms with E-state index in [1.54, 1.807) is 0 Å². The van der Waals surface area contributed by atoms with Crippen molar-refractivity contribution in [3.63, 3.8) is 0 Å². The lowest BCUT2D eigenvalue weighted by atomic mass is 9.96. The number of ether oxygens (including phenoxy) is 1. The number of aliphatic carboxylic acids is 1. The molecule has 6 nitrogen and oxygen atoms in total. The molecule has 2 aliphatic heterocycles. The molecule has 1 aromatic carbocycles. The van der Waals surface area contributed by atoms with Crippen molar-refractivity contribution in [3.8, 4) is 0 Å². The van der Waals surface area contributed by atoms with Gasteiger partial charge in [0, 0.05) is 31.9 Å². The molecule has 1 aliphatic carbocycles. The predicted molar refractivity (Wildman–Crippen MR) is 133 cm³/mol. The number of carboxylic acids is 1. The van der Waals surface area contributed by atoms with E-state index in [2.05, 4.69) is 28.4 Å². The first-order valence-corrected chi connectivity index (χ1v) is 13.1. The predicted octanol–water partition coefficient (Wildman–Crippen LogP) is 4.95. The summed E-state index contributed by atoms with van der Waals surface area (Å²) in [7, 11) is 0. The molecule has 0 spiro atoms. The molecule has 0 radical (unpaired) electrons. The third kappa shape index (κ3) is 5.61. The van der Waals surface area contributed by atoms with Gasteiger partial charge in [0.05, 0.1) is 6.10 Å². The molecule has 2 N–H and O–H groups in total. The zero-order chi connectivity index (χ0) is 23.3. The van der Waals surface area contributed by atoms with E-state index in [-0.39, 0.29) is 6.10 Å². The lowest BCUT2D eigenvalue weighted by molar-refractivity contribution is -0.143. The normalized spacial score (nSPS) is 21.1. The van der Waals surface area contributed by atoms with Crippen LogP contribution in [0.3, 0.4) is 0 Å². The minimum atomic E-state index is -0.750. The van der Waals surface area contributed by atoms with Gasteiger partial charge in [-0.3, -0.25) is 9.69 Å². The topological polar surface area (TPSA) is 74.7 Å². The Morgan fingerprint density at radius 2 is 2.03 bits per heavy atom. The van der Waals surface area contributed by atoms with Crippen molar-refractivity contribution >= 4 is 11.8 Å². The van der Waals surface area contributed by atoms with E-state index in [0.717, 1.165) is 69.6 Å². The summed E-state index contributed by atoms with van der Waals surface area (Å²) in [5.41, 5.74) is 4.72. The van der Waals surface area contributed by atoms with E-state index < -0.39 is 12.0 Å². The maximum absolute atomic E-state index is 12.2. The van der Waals surface area contributed by atoms with E-state index in [1.807, 2.05) is 18.2 Å². The Morgan fingerprint density at radius 1 is 1.15 bits per heavy atom. The quantitative estimate of drug-likeness (QED) is 0.460. The summed E-state index contributed by atoms with van der Waals surface area (Å²) < 4.78 is 6.16. The van der Waals surface area contributed by atoms with Crippen LogP contribution in [-0.4, -0.2) is 53.3 Å². The number of anilines is 1. The highest BCUT2D eigenvalue weighted by Gasteiger charge is 2.37. The van der Waals surface area contributed by atoms with Crippen LogP contribution in [0.25, 0.3) is 0 Å². The van der Waals surface area contributed by atoms with E-state index in [1.165, 1.54) is 36.1 Å². The summed E-state index contributed by atoms with van der Waals surface area (Å²) in [5.74, 6) is 0.873. The van der Waals surface area contributed by atoms with Crippen LogP contribution in [0.1, 0.15) is 79.3 Å². The van der Waals surface area contributed by atoms with E-state index in [9.17, 15) is 9.90 Å². The molecule has 3 aliphatic rings. The smallest absolute Gasteiger partial charge is 0.325 e. The Morgan fingerprint density at radius 3 is 2.88 bits per heavy atom. The highest BCUT2D eigenvalue weighted by Crippen LogP contribution is 2.44. The SMILES string of the molecule is O=C(O)C(c1ccccc1C1CC1)N1CC[C@H](OCCCCCc2ccc3c(n2)NCCC3)C1. The van der Waals surface area contributed by atoms with E-state index in [4.69, 9.17) is 9.72 Å². The van der Waals surface area contributed by atoms with Crippen LogP contribution in [0.2, 0.25) is 0 Å². The van der Waals surface area contributed by atoms with Crippen LogP contribution >= 0.6 is 0 Å². The molecule has 182 valence electrons. The standard InChI is InChI=1S/C28H37N3O3/c32-28(33)26(25-10-4-3-9-24(25)20-11-12-20)31-17-15-23(19-31)34-18-5-1-2-8-22-14-13-21-7-6-16-29-27(21)30-22/h3-4,9-10,13-14,20,23,26H,1-2,5-8,11-12,15-19H2,(H,29,30)(H,32,33)/t23-,26?/m0/s1. The Bertz CT molecular complexity index is 991. The maximum atomic E-state index is 12.2. The van der Waals surface area contributed by atoms with Gasteiger partial charge in [-0.1, -0.05) is 36.8 Å². The Kier molecular flexibility index (Phi) is 7.45. The van der Waals surface area contributed by atoms with E-state index in [0.29, 0.717) is 12.5 Å². The molecule has 0 amide bonds. The number of likely N-dealkylation sites (tertiary alicyclic amines) is 1. The second kappa shape index (κ2) is 10.9. The molecule has 2 atom stereocenters. The summed E-state index contributed by atoms with van der Waals surface area (Å²) in [5, 5.41) is 13.5. The first-order valence-electron chi connectivity index (χ1n) is 13.1. The minimum Gasteiger partial charge on any atom is -0.480 e. The monoisotopic (exact) mass is 463 g/mol. The number of hydrogen-bond acceptors (Lipinski definition) is 5. The fourth-order valence-electron chi connectivity index (χ4n) is 5.48. The molecule has 2 fully saturated rings. The fraction of sp³-hybridized carbons (Fsp3) is 0.571. The summed E-state index contributed by atoms with van der Waals surface area (Å²) >= 11 is 0. The van der Waals surface area contributed by atoms with Gasteiger partial charge < -0.3 is 15.2 Å². The first-order chi connectivity index (χ1) is 16.7. The third-order valence-electron chi connectivity index (χ3n) is 7.47. The summed E-state index contributed by atoms with van der Waals surface area (Å²) in [6.07, 6.45) is 9.98. The van der Waals surface area contributed by atoms with Crippen molar-refractivity contribution in [2.75, 3.05) is 31.6 Å². The van der Waals surface area contributed by atoms with Crippen molar-refractivity contribution in [1.29, 1.82) is 0 Å². The molecular weight excluding hydrogens is 426 g/mol. The molecule has 6 heteroatoms. The van der Waals surface area contributed by atoms with Gasteiger partial charge in [0.15, 0.2) is 0 Å². The minimum absolute atomic E-state index is 0.128. The number of nitrogens with zero attached hydrogens (tertiary/aromatic N) is 2. The van der Waals surface area contributed by atoms with Crippen molar-refractivity contribution in [2.24, 2.45) is 0 Å². The number of hydrogen-bond donors (Lipinski definition) is 2. The van der Waals surface area contributed by atoms with Crippen molar-refractivity contribution in [1.82, 2.24) is 9.88 Å². The number of benzene rings is 1. The number of aryl methyl sites for hydroxylation is 2. The van der Waals surface area contributed by atoms with Gasteiger partial charge in [0.2, 0.25) is 0 Å². The van der Waals surface area contributed by atoms with Crippen molar-refractivity contribution in [2.45, 2.75) is 75.9 Å². The van der Waals surface area contributed by atoms with Crippen molar-refractivity contribution < 1.29 is 14.6 Å². The number of aromatic nitrogens is 1. The Hall–Kier alpha value is -2.44. The summed E-state index contributed by atoms with van der Waals surface area (Å²) in [4.78, 5) is 19.1. The van der Waals surface area contributed by atoms with Gasteiger partial charge in [-0.2, -0.15) is 0 Å². The first kappa shape index (κ1) is 23.3. The average molecular weight is 464 g/mol. The molecule has 1 unspecified atom stereocenters. The maximum Gasteiger partial charge on any atom is 0.325 e. The van der Waals surface area contributed by atoms with Gasteiger partial charge >= 0.3 is 5.97 Å². The number of rotatable bonds is 11. The van der Waals surface area contributed by atoms with Crippen LogP contribution in [0.15, 0.2) is 36.4 Å². The Labute approximate surface area is 202 Å². The van der Waals surface area contributed by atoms with Crippen LogP contribution in [0.5, 0.6) is 0 Å². The molecule has 3 heterocycles. The van der Waals surface area contributed by atoms with Gasteiger partial charge in [-0.05, 0) is 80.0 Å². The molecule has 1 aromatic heterocycles.